The average Bonchev–Trinajstić information content (AvgIpc) is 2.29. The van der Waals surface area contributed by atoms with Crippen molar-refractivity contribution in [1.29, 1.82) is 0 Å². The maximum atomic E-state index is 11.3. The lowest BCUT2D eigenvalue weighted by molar-refractivity contribution is -0.121. The zero-order chi connectivity index (χ0) is 11.8. The van der Waals surface area contributed by atoms with Crippen molar-refractivity contribution in [2.75, 3.05) is 26.2 Å². The van der Waals surface area contributed by atoms with Crippen LogP contribution in [-0.2, 0) is 4.79 Å². The first-order chi connectivity index (χ1) is 7.74. The summed E-state index contributed by atoms with van der Waals surface area (Å²) in [5.41, 5.74) is 5.35. The zero-order valence-corrected chi connectivity index (χ0v) is 12.8. The maximum Gasteiger partial charge on any atom is 0.220 e. The van der Waals surface area contributed by atoms with E-state index >= 15 is 0 Å². The fraction of sp³-hybridized carbons (Fsp3) is 0.917. The lowest BCUT2D eigenvalue weighted by atomic mass is 10.0. The lowest BCUT2D eigenvalue weighted by Gasteiger charge is -2.33. The van der Waals surface area contributed by atoms with E-state index in [1.807, 2.05) is 0 Å². The highest BCUT2D eigenvalue weighted by Gasteiger charge is 2.17. The Kier molecular flexibility index (Phi) is 13.6. The molecular formula is C12H27Cl2N3O. The smallest absolute Gasteiger partial charge is 0.220 e. The Morgan fingerprint density at radius 1 is 1.39 bits per heavy atom. The molecule has 1 saturated heterocycles. The Morgan fingerprint density at radius 3 is 2.72 bits per heavy atom. The third-order valence-electron chi connectivity index (χ3n) is 3.27. The van der Waals surface area contributed by atoms with Gasteiger partial charge in [0.15, 0.2) is 0 Å². The fourth-order valence-corrected chi connectivity index (χ4v) is 2.18. The van der Waals surface area contributed by atoms with Gasteiger partial charge < -0.3 is 11.1 Å². The van der Waals surface area contributed by atoms with Crippen molar-refractivity contribution >= 4 is 30.7 Å². The van der Waals surface area contributed by atoms with Gasteiger partial charge in [-0.25, -0.2) is 0 Å². The molecule has 3 N–H and O–H groups in total. The number of likely N-dealkylation sites (tertiary alicyclic amines) is 1. The van der Waals surface area contributed by atoms with Crippen molar-refractivity contribution < 1.29 is 4.79 Å². The summed E-state index contributed by atoms with van der Waals surface area (Å²) in [6, 6.07) is 0.676. The van der Waals surface area contributed by atoms with E-state index in [-0.39, 0.29) is 30.7 Å². The quantitative estimate of drug-likeness (QED) is 0.782. The number of nitrogens with two attached hydrogens (primary N) is 1. The first-order valence-electron chi connectivity index (χ1n) is 6.45. The van der Waals surface area contributed by atoms with E-state index in [2.05, 4.69) is 17.1 Å². The zero-order valence-electron chi connectivity index (χ0n) is 11.2. The minimum Gasteiger partial charge on any atom is -0.355 e. The van der Waals surface area contributed by atoms with Crippen molar-refractivity contribution in [1.82, 2.24) is 10.2 Å². The number of halogens is 2. The minimum absolute atomic E-state index is 0. The van der Waals surface area contributed by atoms with Crippen molar-refractivity contribution in [2.45, 2.75) is 45.1 Å². The molecule has 110 valence electrons. The normalized spacial score (nSPS) is 19.6. The Hall–Kier alpha value is -0.0300. The molecule has 1 unspecified atom stereocenters. The van der Waals surface area contributed by atoms with Gasteiger partial charge >= 0.3 is 0 Å². The second-order valence-electron chi connectivity index (χ2n) is 4.62. The summed E-state index contributed by atoms with van der Waals surface area (Å²) in [6.45, 7) is 5.80. The van der Waals surface area contributed by atoms with Crippen LogP contribution in [0.2, 0.25) is 0 Å². The number of piperidine rings is 1. The third kappa shape index (κ3) is 8.14. The van der Waals surface area contributed by atoms with Gasteiger partial charge in [0.1, 0.15) is 0 Å². The summed E-state index contributed by atoms with van der Waals surface area (Å²) in [5, 5.41) is 2.95. The standard InChI is InChI=1S/C12H25N3O.2ClH/c1-11-5-2-3-9-15(11)10-8-14-12(16)6-4-7-13;;/h11H,2-10,13H2,1H3,(H,14,16);2*1H. The van der Waals surface area contributed by atoms with E-state index in [1.54, 1.807) is 0 Å². The Balaban J connectivity index is 0. The summed E-state index contributed by atoms with van der Waals surface area (Å²) in [5.74, 6) is 0.134. The number of amides is 1. The molecule has 1 aliphatic heterocycles. The highest BCUT2D eigenvalue weighted by Crippen LogP contribution is 2.15. The molecule has 0 aromatic carbocycles. The van der Waals surface area contributed by atoms with Crippen LogP contribution in [0, 0.1) is 0 Å². The highest BCUT2D eigenvalue weighted by atomic mass is 35.5. The van der Waals surface area contributed by atoms with Crippen LogP contribution in [0.3, 0.4) is 0 Å². The van der Waals surface area contributed by atoms with Crippen LogP contribution in [0.1, 0.15) is 39.0 Å². The third-order valence-corrected chi connectivity index (χ3v) is 3.27. The molecule has 0 radical (unpaired) electrons. The maximum absolute atomic E-state index is 11.3. The molecule has 1 rings (SSSR count). The number of rotatable bonds is 6. The van der Waals surface area contributed by atoms with E-state index in [0.717, 1.165) is 19.5 Å². The Morgan fingerprint density at radius 2 is 2.11 bits per heavy atom. The molecule has 1 atom stereocenters. The van der Waals surface area contributed by atoms with Crippen LogP contribution in [0.4, 0.5) is 0 Å². The molecule has 6 heteroatoms. The average molecular weight is 300 g/mol. The van der Waals surface area contributed by atoms with Crippen LogP contribution in [0.5, 0.6) is 0 Å². The molecule has 1 fully saturated rings. The Bertz CT molecular complexity index is 217. The molecular weight excluding hydrogens is 273 g/mol. The number of hydrogen-bond donors (Lipinski definition) is 2. The van der Waals surface area contributed by atoms with Gasteiger partial charge in [-0.1, -0.05) is 6.42 Å². The molecule has 1 amide bonds. The van der Waals surface area contributed by atoms with Gasteiger partial charge in [-0.15, -0.1) is 24.8 Å². The summed E-state index contributed by atoms with van der Waals surface area (Å²) in [4.78, 5) is 13.8. The molecule has 0 spiro atoms. The number of hydrogen-bond acceptors (Lipinski definition) is 3. The van der Waals surface area contributed by atoms with E-state index < -0.39 is 0 Å². The highest BCUT2D eigenvalue weighted by molar-refractivity contribution is 5.85. The fourth-order valence-electron chi connectivity index (χ4n) is 2.18. The largest absolute Gasteiger partial charge is 0.355 e. The van der Waals surface area contributed by atoms with Gasteiger partial charge in [0.2, 0.25) is 5.91 Å². The molecule has 18 heavy (non-hydrogen) atoms. The lowest BCUT2D eigenvalue weighted by Crippen LogP contribution is -2.42. The van der Waals surface area contributed by atoms with Crippen molar-refractivity contribution in [3.8, 4) is 0 Å². The van der Waals surface area contributed by atoms with Crippen LogP contribution < -0.4 is 11.1 Å². The first-order valence-corrected chi connectivity index (χ1v) is 6.45. The van der Waals surface area contributed by atoms with Gasteiger partial charge in [-0.2, -0.15) is 0 Å². The number of nitrogens with zero attached hydrogens (tertiary/aromatic N) is 1. The van der Waals surface area contributed by atoms with E-state index in [1.165, 1.54) is 25.8 Å². The molecule has 0 aliphatic carbocycles. The summed E-state index contributed by atoms with van der Waals surface area (Å²) < 4.78 is 0. The SMILES string of the molecule is CC1CCCCN1CCNC(=O)CCCN.Cl.Cl. The summed E-state index contributed by atoms with van der Waals surface area (Å²) in [7, 11) is 0. The van der Waals surface area contributed by atoms with Crippen molar-refractivity contribution in [2.24, 2.45) is 5.73 Å². The molecule has 0 bridgehead atoms. The first kappa shape index (κ1) is 20.3. The predicted octanol–water partition coefficient (Wildman–Crippen LogP) is 1.56. The Labute approximate surface area is 123 Å². The van der Waals surface area contributed by atoms with E-state index in [4.69, 9.17) is 5.73 Å². The van der Waals surface area contributed by atoms with Crippen molar-refractivity contribution in [3.63, 3.8) is 0 Å². The van der Waals surface area contributed by atoms with Gasteiger partial charge in [0.05, 0.1) is 0 Å². The summed E-state index contributed by atoms with van der Waals surface area (Å²) >= 11 is 0. The van der Waals surface area contributed by atoms with Crippen LogP contribution in [0.15, 0.2) is 0 Å². The van der Waals surface area contributed by atoms with Gasteiger partial charge in [0.25, 0.3) is 0 Å². The minimum atomic E-state index is 0. The van der Waals surface area contributed by atoms with Gasteiger partial charge in [0, 0.05) is 25.6 Å². The number of carbonyl (C=O) groups is 1. The van der Waals surface area contributed by atoms with Gasteiger partial charge in [-0.3, -0.25) is 9.69 Å². The number of nitrogens with one attached hydrogen (secondary N) is 1. The second-order valence-corrected chi connectivity index (χ2v) is 4.62. The summed E-state index contributed by atoms with van der Waals surface area (Å²) in [6.07, 6.45) is 5.28. The number of carbonyl (C=O) groups excluding carboxylic acids is 1. The molecule has 0 aromatic heterocycles. The van der Waals surface area contributed by atoms with Crippen LogP contribution in [0.25, 0.3) is 0 Å². The van der Waals surface area contributed by atoms with Crippen LogP contribution in [-0.4, -0.2) is 43.0 Å². The monoisotopic (exact) mass is 299 g/mol. The molecule has 1 heterocycles. The van der Waals surface area contributed by atoms with Gasteiger partial charge in [-0.05, 0) is 39.3 Å². The molecule has 4 nitrogen and oxygen atoms in total. The van der Waals surface area contributed by atoms with Crippen molar-refractivity contribution in [3.05, 3.63) is 0 Å². The molecule has 0 aromatic rings. The molecule has 1 aliphatic rings. The second kappa shape index (κ2) is 12.0. The topological polar surface area (TPSA) is 58.4 Å². The van der Waals surface area contributed by atoms with E-state index in [9.17, 15) is 4.79 Å². The predicted molar refractivity (Wildman–Crippen MR) is 80.7 cm³/mol. The molecule has 0 saturated carbocycles. The van der Waals surface area contributed by atoms with E-state index in [0.29, 0.717) is 19.0 Å². The van der Waals surface area contributed by atoms with Crippen LogP contribution >= 0.6 is 24.8 Å².